The van der Waals surface area contributed by atoms with Crippen LogP contribution in [0.5, 0.6) is 0 Å². The highest BCUT2D eigenvalue weighted by molar-refractivity contribution is 5.84. The quantitative estimate of drug-likeness (QED) is 0.502. The van der Waals surface area contributed by atoms with E-state index in [0.29, 0.717) is 12.0 Å². The van der Waals surface area contributed by atoms with Crippen LogP contribution in [0.1, 0.15) is 45.1 Å². The zero-order valence-electron chi connectivity index (χ0n) is 15.9. The smallest absolute Gasteiger partial charge is 0.148 e. The largest absolute Gasteiger partial charge is 0.357 e. The molecule has 1 N–H and O–H groups in total. The van der Waals surface area contributed by atoms with Gasteiger partial charge in [-0.05, 0) is 30.5 Å². The number of quaternary nitrogens is 1. The van der Waals surface area contributed by atoms with Crippen molar-refractivity contribution in [1.29, 1.82) is 0 Å². The fourth-order valence-corrected chi connectivity index (χ4v) is 6.70. The zero-order chi connectivity index (χ0) is 17.9. The number of fused-ring (bicyclic) bond motifs is 2. The van der Waals surface area contributed by atoms with Crippen molar-refractivity contribution < 1.29 is 9.28 Å². The normalized spacial score (nSPS) is 38.2. The van der Waals surface area contributed by atoms with Gasteiger partial charge >= 0.3 is 0 Å². The molecule has 26 heavy (non-hydrogen) atoms. The molecule has 2 fully saturated rings. The highest BCUT2D eigenvalue weighted by atomic mass is 16.1. The summed E-state index contributed by atoms with van der Waals surface area (Å²) in [5.74, 6) is 0.318. The number of para-hydroxylation sites is 1. The standard InChI is InChI=1S/C23H28N2O/c1-3-5-11-25-12-10-23-19-8-6-7-9-20(19)24-22(23)18(15-26)17(13-21(23)25)16(4-2)14-25/h4,6-9,15,17,21H,3,5,10-14H2,1-2H3/p+1/b16-4+/t17-,21-,23+,25?/m0/s1. The van der Waals surface area contributed by atoms with Crippen molar-refractivity contribution in [1.82, 2.24) is 0 Å². The third kappa shape index (κ3) is 1.80. The summed E-state index contributed by atoms with van der Waals surface area (Å²) in [5, 5.41) is 3.71. The molecule has 136 valence electrons. The number of carbonyl (C=O) groups excluding carboxylic acids is 1. The number of anilines is 1. The van der Waals surface area contributed by atoms with Crippen molar-refractivity contribution in [2.24, 2.45) is 5.92 Å². The van der Waals surface area contributed by atoms with E-state index in [4.69, 9.17) is 0 Å². The minimum atomic E-state index is 0.0380. The topological polar surface area (TPSA) is 29.1 Å². The Kier molecular flexibility index (Phi) is 3.49. The third-order valence-corrected chi connectivity index (χ3v) is 7.82. The molecule has 0 amide bonds. The number of hydrogen-bond acceptors (Lipinski definition) is 2. The monoisotopic (exact) mass is 349 g/mol. The second kappa shape index (κ2) is 5.56. The number of rotatable bonds is 4. The number of aldehydes is 1. The van der Waals surface area contributed by atoms with Gasteiger partial charge in [-0.25, -0.2) is 0 Å². The van der Waals surface area contributed by atoms with Crippen LogP contribution in [0.4, 0.5) is 5.69 Å². The van der Waals surface area contributed by atoms with Gasteiger partial charge in [-0.15, -0.1) is 0 Å². The highest BCUT2D eigenvalue weighted by Crippen LogP contribution is 2.63. The highest BCUT2D eigenvalue weighted by Gasteiger charge is 2.68. The number of nitrogens with one attached hydrogen (secondary N) is 1. The Morgan fingerprint density at radius 1 is 1.35 bits per heavy atom. The van der Waals surface area contributed by atoms with Crippen LogP contribution in [-0.4, -0.2) is 36.4 Å². The summed E-state index contributed by atoms with van der Waals surface area (Å²) in [6.07, 6.45) is 8.31. The summed E-state index contributed by atoms with van der Waals surface area (Å²) in [6, 6.07) is 9.39. The molecule has 4 aliphatic rings. The van der Waals surface area contributed by atoms with Gasteiger partial charge in [0, 0.05) is 35.7 Å². The predicted molar refractivity (Wildman–Crippen MR) is 105 cm³/mol. The fourth-order valence-electron chi connectivity index (χ4n) is 6.70. The summed E-state index contributed by atoms with van der Waals surface area (Å²) in [7, 11) is 0. The molecule has 2 saturated heterocycles. The maximum Gasteiger partial charge on any atom is 0.148 e. The SMILES string of the molecule is C/C=C1\C[N+]2(CCCC)CC[C@]34C(=C(C=O)[C@H]1C[C@@H]32)Nc1ccccc14. The molecule has 0 radical (unpaired) electrons. The van der Waals surface area contributed by atoms with Crippen LogP contribution in [0.2, 0.25) is 0 Å². The van der Waals surface area contributed by atoms with Crippen molar-refractivity contribution in [2.75, 3.05) is 25.0 Å². The first-order valence-corrected chi connectivity index (χ1v) is 10.3. The van der Waals surface area contributed by atoms with Crippen molar-refractivity contribution in [3.63, 3.8) is 0 Å². The molecule has 0 saturated carbocycles. The van der Waals surface area contributed by atoms with Crippen LogP contribution in [0, 0.1) is 5.92 Å². The van der Waals surface area contributed by atoms with Gasteiger partial charge in [0.05, 0.1) is 18.5 Å². The second-order valence-corrected chi connectivity index (χ2v) is 8.69. The van der Waals surface area contributed by atoms with E-state index in [0.717, 1.165) is 24.8 Å². The first-order valence-electron chi connectivity index (χ1n) is 10.3. The van der Waals surface area contributed by atoms with Crippen LogP contribution >= 0.6 is 0 Å². The maximum absolute atomic E-state index is 12.2. The molecule has 2 bridgehead atoms. The molecule has 0 aromatic heterocycles. The Morgan fingerprint density at radius 2 is 2.19 bits per heavy atom. The third-order valence-electron chi connectivity index (χ3n) is 7.82. The van der Waals surface area contributed by atoms with Gasteiger partial charge in [-0.1, -0.05) is 37.6 Å². The van der Waals surface area contributed by atoms with Crippen molar-refractivity contribution >= 4 is 12.0 Å². The zero-order valence-corrected chi connectivity index (χ0v) is 15.9. The molecule has 1 unspecified atom stereocenters. The van der Waals surface area contributed by atoms with Crippen LogP contribution < -0.4 is 5.32 Å². The van der Waals surface area contributed by atoms with Gasteiger partial charge in [0.2, 0.25) is 0 Å². The molecule has 1 aliphatic carbocycles. The number of carbonyl (C=O) groups is 1. The number of piperidine rings is 1. The number of hydrogen-bond donors (Lipinski definition) is 1. The van der Waals surface area contributed by atoms with E-state index in [1.807, 2.05) is 0 Å². The lowest BCUT2D eigenvalue weighted by atomic mass is 9.61. The van der Waals surface area contributed by atoms with E-state index in [9.17, 15) is 4.79 Å². The Balaban J connectivity index is 1.76. The Labute approximate surface area is 156 Å². The number of nitrogens with zero attached hydrogens (tertiary/aromatic N) is 1. The van der Waals surface area contributed by atoms with Crippen LogP contribution in [-0.2, 0) is 10.2 Å². The van der Waals surface area contributed by atoms with Gasteiger partial charge in [-0.2, -0.15) is 0 Å². The van der Waals surface area contributed by atoms with Crippen molar-refractivity contribution in [2.45, 2.75) is 51.0 Å². The summed E-state index contributed by atoms with van der Waals surface area (Å²) >= 11 is 0. The van der Waals surface area contributed by atoms with Crippen LogP contribution in [0.25, 0.3) is 0 Å². The molecular formula is C23H29N2O+. The van der Waals surface area contributed by atoms with Gasteiger partial charge in [0.1, 0.15) is 18.9 Å². The molecule has 1 aromatic carbocycles. The summed E-state index contributed by atoms with van der Waals surface area (Å²) in [5.41, 5.74) is 6.47. The van der Waals surface area contributed by atoms with E-state index in [2.05, 4.69) is 49.5 Å². The lowest BCUT2D eigenvalue weighted by Gasteiger charge is -2.53. The lowest BCUT2D eigenvalue weighted by molar-refractivity contribution is -0.941. The molecule has 3 heterocycles. The lowest BCUT2D eigenvalue weighted by Crippen LogP contribution is -2.63. The predicted octanol–water partition coefficient (Wildman–Crippen LogP) is 4.17. The molecule has 3 aliphatic heterocycles. The molecule has 1 spiro atoms. The Bertz CT molecular complexity index is 838. The average molecular weight is 349 g/mol. The molecule has 1 aromatic rings. The van der Waals surface area contributed by atoms with Crippen LogP contribution in [0.15, 0.2) is 47.2 Å². The minimum absolute atomic E-state index is 0.0380. The number of allylic oxidation sites excluding steroid dienone is 2. The van der Waals surface area contributed by atoms with Gasteiger partial charge in [-0.3, -0.25) is 4.79 Å². The maximum atomic E-state index is 12.2. The van der Waals surface area contributed by atoms with E-state index < -0.39 is 0 Å². The van der Waals surface area contributed by atoms with Crippen molar-refractivity contribution in [3.05, 3.63) is 52.7 Å². The first kappa shape index (κ1) is 16.3. The summed E-state index contributed by atoms with van der Waals surface area (Å²) in [4.78, 5) is 12.2. The average Bonchev–Trinajstić information content (AvgIpc) is 3.20. The van der Waals surface area contributed by atoms with E-state index in [-0.39, 0.29) is 5.41 Å². The molecular weight excluding hydrogens is 320 g/mol. The van der Waals surface area contributed by atoms with Gasteiger partial charge in [0.15, 0.2) is 0 Å². The van der Waals surface area contributed by atoms with E-state index in [1.54, 1.807) is 0 Å². The van der Waals surface area contributed by atoms with E-state index in [1.165, 1.54) is 59.4 Å². The Morgan fingerprint density at radius 3 is 2.96 bits per heavy atom. The van der Waals surface area contributed by atoms with Crippen LogP contribution in [0.3, 0.4) is 0 Å². The molecule has 3 heteroatoms. The molecule has 3 nitrogen and oxygen atoms in total. The molecule has 4 atom stereocenters. The summed E-state index contributed by atoms with van der Waals surface area (Å²) < 4.78 is 1.23. The number of unbranched alkanes of at least 4 members (excludes halogenated alkanes) is 1. The molecule has 5 rings (SSSR count). The van der Waals surface area contributed by atoms with Gasteiger partial charge in [0.25, 0.3) is 0 Å². The second-order valence-electron chi connectivity index (χ2n) is 8.69. The van der Waals surface area contributed by atoms with Gasteiger partial charge < -0.3 is 9.80 Å². The number of benzene rings is 1. The Hall–Kier alpha value is -1.87. The van der Waals surface area contributed by atoms with E-state index >= 15 is 0 Å². The fraction of sp³-hybridized carbons (Fsp3) is 0.522. The minimum Gasteiger partial charge on any atom is -0.357 e. The summed E-state index contributed by atoms with van der Waals surface area (Å²) in [6.45, 7) is 8.12. The van der Waals surface area contributed by atoms with Crippen molar-refractivity contribution in [3.8, 4) is 0 Å². The first-order chi connectivity index (χ1) is 12.7.